The Morgan fingerprint density at radius 1 is 0.875 bits per heavy atom. The molecule has 4 rings (SSSR count). The topological polar surface area (TPSA) is 131 Å². The molecular formula is C45H66N6O5. The number of carbonyl (C=O) groups is 5. The number of hydrogen-bond acceptors (Lipinski definition) is 7. The van der Waals surface area contributed by atoms with Gasteiger partial charge in [-0.05, 0) is 75.6 Å². The third kappa shape index (κ3) is 10.5. The van der Waals surface area contributed by atoms with Crippen LogP contribution >= 0.6 is 0 Å². The third-order valence-corrected chi connectivity index (χ3v) is 11.6. The van der Waals surface area contributed by atoms with Crippen molar-refractivity contribution in [3.05, 3.63) is 82.9 Å². The van der Waals surface area contributed by atoms with Gasteiger partial charge in [-0.2, -0.15) is 0 Å². The van der Waals surface area contributed by atoms with Gasteiger partial charge in [-0.3, -0.25) is 34.2 Å². The van der Waals surface area contributed by atoms with E-state index in [4.69, 9.17) is 0 Å². The molecule has 2 aromatic rings. The van der Waals surface area contributed by atoms with Crippen LogP contribution in [0.3, 0.4) is 0 Å². The molecule has 0 unspecified atom stereocenters. The monoisotopic (exact) mass is 771 g/mol. The quantitative estimate of drug-likeness (QED) is 0.180. The minimum Gasteiger partial charge on any atom is -0.342 e. The molecule has 0 saturated carbocycles. The first-order chi connectivity index (χ1) is 26.3. The lowest BCUT2D eigenvalue weighted by Crippen LogP contribution is -2.61. The largest absolute Gasteiger partial charge is 0.342 e. The fraction of sp³-hybridized carbons (Fsp3) is 0.578. The van der Waals surface area contributed by atoms with E-state index in [0.717, 1.165) is 29.7 Å². The SMILES string of the molecule is CN[C@H](C(=O)N[C@H](C(=O)N(C)[C@H](/C=C(\C)C(=O)N1CCC[C@@H]1C(=O)NC(=O)[C@H]1CCCN1Cc1ccccc1)C(C)C)C(C)(C)C)C(C)(C)c1cccc(C)c1. The zero-order valence-corrected chi connectivity index (χ0v) is 35.6. The van der Waals surface area contributed by atoms with E-state index < -0.39 is 46.9 Å². The number of likely N-dealkylation sites (N-methyl/N-ethyl adjacent to an activating group) is 2. The second-order valence-electron chi connectivity index (χ2n) is 17.8. The van der Waals surface area contributed by atoms with Crippen LogP contribution in [0.2, 0.25) is 0 Å². The molecule has 2 saturated heterocycles. The van der Waals surface area contributed by atoms with Crippen molar-refractivity contribution in [2.24, 2.45) is 11.3 Å². The molecule has 3 N–H and O–H groups in total. The Balaban J connectivity index is 1.46. The van der Waals surface area contributed by atoms with Gasteiger partial charge in [0.2, 0.25) is 29.5 Å². The van der Waals surface area contributed by atoms with Crippen LogP contribution < -0.4 is 16.0 Å². The van der Waals surface area contributed by atoms with Gasteiger partial charge in [-0.1, -0.05) is 115 Å². The van der Waals surface area contributed by atoms with Gasteiger partial charge in [-0.25, -0.2) is 0 Å². The summed E-state index contributed by atoms with van der Waals surface area (Å²) >= 11 is 0. The van der Waals surface area contributed by atoms with Crippen LogP contribution in [0.5, 0.6) is 0 Å². The first kappa shape index (κ1) is 44.4. The van der Waals surface area contributed by atoms with Gasteiger partial charge in [0.15, 0.2) is 0 Å². The Kier molecular flexibility index (Phi) is 14.8. The summed E-state index contributed by atoms with van der Waals surface area (Å²) in [6.07, 6.45) is 4.44. The van der Waals surface area contributed by atoms with Gasteiger partial charge in [-0.15, -0.1) is 0 Å². The summed E-state index contributed by atoms with van der Waals surface area (Å²) in [5.41, 5.74) is 2.41. The van der Waals surface area contributed by atoms with E-state index in [-0.39, 0.29) is 29.5 Å². The molecule has 0 aromatic heterocycles. The molecule has 5 atom stereocenters. The molecule has 2 aromatic carbocycles. The predicted molar refractivity (Wildman–Crippen MR) is 221 cm³/mol. The van der Waals surface area contributed by atoms with Gasteiger partial charge in [0.25, 0.3) is 0 Å². The maximum atomic E-state index is 14.4. The van der Waals surface area contributed by atoms with E-state index in [1.807, 2.05) is 104 Å². The lowest BCUT2D eigenvalue weighted by Gasteiger charge is -2.40. The van der Waals surface area contributed by atoms with Crippen molar-refractivity contribution in [2.75, 3.05) is 27.2 Å². The van der Waals surface area contributed by atoms with E-state index >= 15 is 0 Å². The van der Waals surface area contributed by atoms with Crippen molar-refractivity contribution in [3.8, 4) is 0 Å². The van der Waals surface area contributed by atoms with Crippen molar-refractivity contribution < 1.29 is 24.0 Å². The lowest BCUT2D eigenvalue weighted by atomic mass is 9.76. The summed E-state index contributed by atoms with van der Waals surface area (Å²) < 4.78 is 0. The number of nitrogens with zero attached hydrogens (tertiary/aromatic N) is 3. The van der Waals surface area contributed by atoms with Gasteiger partial charge in [0.05, 0.1) is 18.1 Å². The standard InChI is InChI=1S/C45H66N6O5/c1-29(2)36(49(11)43(56)38(44(5,6)7)47-41(54)37(46-10)45(8,9)33-21-15-18-30(3)26-33)27-31(4)42(55)51-25-17-23-35(51)40(53)48-39(52)34-22-16-24-50(34)28-32-19-13-12-14-20-32/h12-15,18-21,26-27,29,34-38,46H,16-17,22-25,28H2,1-11H3,(H,47,54)(H,48,52,53)/b31-27+/t34-,35-,36-,37-,38-/m1/s1. The van der Waals surface area contributed by atoms with Crippen LogP contribution in [-0.2, 0) is 35.9 Å². The second kappa shape index (κ2) is 18.7. The molecule has 0 bridgehead atoms. The summed E-state index contributed by atoms with van der Waals surface area (Å²) in [7, 11) is 3.46. The molecule has 5 amide bonds. The Hall–Kier alpha value is -4.35. The van der Waals surface area contributed by atoms with E-state index in [0.29, 0.717) is 37.9 Å². The molecular weight excluding hydrogens is 705 g/mol. The number of likely N-dealkylation sites (tertiary alicyclic amines) is 2. The van der Waals surface area contributed by atoms with Crippen molar-refractivity contribution in [1.82, 2.24) is 30.7 Å². The summed E-state index contributed by atoms with van der Waals surface area (Å²) in [6.45, 7) is 19.3. The predicted octanol–water partition coefficient (Wildman–Crippen LogP) is 5.12. The number of imide groups is 1. The van der Waals surface area contributed by atoms with Gasteiger partial charge < -0.3 is 20.4 Å². The molecule has 0 aliphatic carbocycles. The fourth-order valence-electron chi connectivity index (χ4n) is 8.26. The maximum Gasteiger partial charge on any atom is 0.249 e. The Labute approximate surface area is 335 Å². The highest BCUT2D eigenvalue weighted by atomic mass is 16.2. The van der Waals surface area contributed by atoms with Crippen LogP contribution in [0, 0.1) is 18.3 Å². The van der Waals surface area contributed by atoms with Crippen LogP contribution in [0.1, 0.15) is 97.8 Å². The van der Waals surface area contributed by atoms with Crippen molar-refractivity contribution >= 4 is 29.5 Å². The van der Waals surface area contributed by atoms with E-state index in [1.165, 1.54) is 0 Å². The van der Waals surface area contributed by atoms with Crippen LogP contribution in [0.4, 0.5) is 0 Å². The van der Waals surface area contributed by atoms with E-state index in [2.05, 4.69) is 26.9 Å². The second-order valence-corrected chi connectivity index (χ2v) is 17.8. The molecule has 2 fully saturated rings. The molecule has 0 radical (unpaired) electrons. The van der Waals surface area contributed by atoms with Gasteiger partial charge >= 0.3 is 0 Å². The minimum absolute atomic E-state index is 0.0751. The summed E-state index contributed by atoms with van der Waals surface area (Å²) in [5, 5.41) is 8.94. The summed E-state index contributed by atoms with van der Waals surface area (Å²) in [5.74, 6) is -1.71. The van der Waals surface area contributed by atoms with E-state index in [9.17, 15) is 24.0 Å². The third-order valence-electron chi connectivity index (χ3n) is 11.6. The Morgan fingerprint density at radius 3 is 2.11 bits per heavy atom. The smallest absolute Gasteiger partial charge is 0.249 e. The highest BCUT2D eigenvalue weighted by Crippen LogP contribution is 2.30. The lowest BCUT2D eigenvalue weighted by molar-refractivity contribution is -0.141. The fourth-order valence-corrected chi connectivity index (χ4v) is 8.26. The molecule has 2 aliphatic heterocycles. The highest BCUT2D eigenvalue weighted by molar-refractivity contribution is 6.03. The first-order valence-electron chi connectivity index (χ1n) is 20.2. The minimum atomic E-state index is -0.859. The molecule has 2 aliphatic rings. The Morgan fingerprint density at radius 2 is 1.50 bits per heavy atom. The maximum absolute atomic E-state index is 14.4. The summed E-state index contributed by atoms with van der Waals surface area (Å²) in [4.78, 5) is 74.7. The summed E-state index contributed by atoms with van der Waals surface area (Å²) in [6, 6.07) is 14.9. The highest BCUT2D eigenvalue weighted by Gasteiger charge is 2.42. The van der Waals surface area contributed by atoms with Gasteiger partial charge in [0.1, 0.15) is 12.1 Å². The zero-order chi connectivity index (χ0) is 41.5. The number of aryl methyl sites for hydroxylation is 1. The molecule has 2 heterocycles. The van der Waals surface area contributed by atoms with E-state index in [1.54, 1.807) is 36.9 Å². The molecule has 11 heteroatoms. The first-order valence-corrected chi connectivity index (χ1v) is 20.2. The number of hydrogen-bond donors (Lipinski definition) is 3. The van der Waals surface area contributed by atoms with Gasteiger partial charge in [0, 0.05) is 31.1 Å². The number of amides is 5. The average molecular weight is 771 g/mol. The van der Waals surface area contributed by atoms with Crippen molar-refractivity contribution in [3.63, 3.8) is 0 Å². The molecule has 306 valence electrons. The number of rotatable bonds is 14. The molecule has 11 nitrogen and oxygen atoms in total. The zero-order valence-electron chi connectivity index (χ0n) is 35.6. The average Bonchev–Trinajstić information content (AvgIpc) is 3.82. The number of nitrogens with one attached hydrogen (secondary N) is 3. The van der Waals surface area contributed by atoms with Crippen LogP contribution in [0.25, 0.3) is 0 Å². The number of benzene rings is 2. The normalized spacial score (nSPS) is 19.7. The molecule has 0 spiro atoms. The number of carbonyl (C=O) groups excluding carboxylic acids is 5. The van der Waals surface area contributed by atoms with Crippen LogP contribution in [0.15, 0.2) is 66.2 Å². The van der Waals surface area contributed by atoms with Crippen molar-refractivity contribution in [1.29, 1.82) is 0 Å². The van der Waals surface area contributed by atoms with Crippen LogP contribution in [-0.4, -0.2) is 102 Å². The van der Waals surface area contributed by atoms with Crippen molar-refractivity contribution in [2.45, 2.75) is 130 Å². The molecule has 56 heavy (non-hydrogen) atoms. The Bertz CT molecular complexity index is 1750.